The highest BCUT2D eigenvalue weighted by atomic mass is 16.6. The summed E-state index contributed by atoms with van der Waals surface area (Å²) in [7, 11) is -0.307. The van der Waals surface area contributed by atoms with Crippen LogP contribution >= 0.6 is 0 Å². The maximum Gasteiger partial charge on any atom is 0.707 e. The number of carbonyl (C=O) groups is 1. The molecule has 0 fully saturated rings. The van der Waals surface area contributed by atoms with Crippen LogP contribution in [0.4, 0.5) is 4.79 Å². The minimum absolute atomic E-state index is 0.216. The first kappa shape index (κ1) is 16.3. The molecular weight excluding hydrogens is 263 g/mol. The summed E-state index contributed by atoms with van der Waals surface area (Å²) in [5.74, 6) is 0.252. The van der Waals surface area contributed by atoms with Gasteiger partial charge < -0.3 is 24.3 Å². The molecular formula is C12H19BN2O5. The molecule has 1 aromatic heterocycles. The molecule has 0 aromatic carbocycles. The Hall–Kier alpha value is -1.80. The first-order chi connectivity index (χ1) is 9.17. The van der Waals surface area contributed by atoms with Crippen molar-refractivity contribution in [2.24, 2.45) is 0 Å². The lowest BCUT2D eigenvalue weighted by Gasteiger charge is -2.24. The van der Waals surface area contributed by atoms with Gasteiger partial charge in [0.05, 0.1) is 12.2 Å². The van der Waals surface area contributed by atoms with Gasteiger partial charge in [0.15, 0.2) is 0 Å². The van der Waals surface area contributed by atoms with Crippen molar-refractivity contribution >= 4 is 13.4 Å². The third-order valence-electron chi connectivity index (χ3n) is 2.13. The average molecular weight is 282 g/mol. The summed E-state index contributed by atoms with van der Waals surface area (Å²) in [5.41, 5.74) is -0.0263. The summed E-state index contributed by atoms with van der Waals surface area (Å²) in [6, 6.07) is 3.00. The molecule has 2 N–H and O–H groups in total. The number of carbonyl (C=O) groups excluding carboxylic acids is 1. The van der Waals surface area contributed by atoms with E-state index in [1.165, 1.54) is 23.2 Å². The second-order valence-electron chi connectivity index (χ2n) is 5.26. The van der Waals surface area contributed by atoms with Crippen molar-refractivity contribution in [3.8, 4) is 5.75 Å². The van der Waals surface area contributed by atoms with Crippen molar-refractivity contribution in [1.82, 2.24) is 9.88 Å². The van der Waals surface area contributed by atoms with Gasteiger partial charge in [-0.3, -0.25) is 4.98 Å². The monoisotopic (exact) mass is 282 g/mol. The van der Waals surface area contributed by atoms with E-state index in [1.54, 1.807) is 27.8 Å². The summed E-state index contributed by atoms with van der Waals surface area (Å²) in [6.07, 6.45) is 0.989. The second kappa shape index (κ2) is 6.58. The Morgan fingerprint density at radius 1 is 1.45 bits per heavy atom. The van der Waals surface area contributed by atoms with Crippen molar-refractivity contribution in [3.63, 3.8) is 0 Å². The fourth-order valence-corrected chi connectivity index (χ4v) is 1.38. The molecule has 7 nitrogen and oxygen atoms in total. The summed E-state index contributed by atoms with van der Waals surface area (Å²) in [6.45, 7) is 5.57. The van der Waals surface area contributed by atoms with Gasteiger partial charge in [0.25, 0.3) is 0 Å². The largest absolute Gasteiger partial charge is 0.707 e. The van der Waals surface area contributed by atoms with Gasteiger partial charge >= 0.3 is 13.4 Å². The number of amides is 1. The lowest BCUT2D eigenvalue weighted by atomic mass is 10.2. The van der Waals surface area contributed by atoms with Gasteiger partial charge in [0.1, 0.15) is 11.4 Å². The molecule has 0 aliphatic carbocycles. The molecule has 0 spiro atoms. The highest BCUT2D eigenvalue weighted by Gasteiger charge is 2.20. The Morgan fingerprint density at radius 3 is 2.65 bits per heavy atom. The Kier molecular flexibility index (Phi) is 5.35. The SMILES string of the molecule is CN(Cc1cc(OB(O)O)ccn1)C(=O)OC(C)(C)C. The maximum atomic E-state index is 11.8. The molecule has 0 atom stereocenters. The summed E-state index contributed by atoms with van der Waals surface area (Å²) < 4.78 is 9.93. The van der Waals surface area contributed by atoms with Gasteiger partial charge in [-0.1, -0.05) is 0 Å². The van der Waals surface area contributed by atoms with Gasteiger partial charge in [0.2, 0.25) is 0 Å². The number of ether oxygens (including phenoxy) is 1. The van der Waals surface area contributed by atoms with E-state index < -0.39 is 19.0 Å². The molecule has 1 heterocycles. The van der Waals surface area contributed by atoms with Crippen LogP contribution in [0.1, 0.15) is 26.5 Å². The van der Waals surface area contributed by atoms with Crippen LogP contribution in [0.15, 0.2) is 18.3 Å². The zero-order valence-corrected chi connectivity index (χ0v) is 12.0. The average Bonchev–Trinajstić information content (AvgIpc) is 2.26. The van der Waals surface area contributed by atoms with Crippen LogP contribution in [0, 0.1) is 0 Å². The molecule has 110 valence electrons. The first-order valence-electron chi connectivity index (χ1n) is 6.09. The van der Waals surface area contributed by atoms with Gasteiger partial charge in [-0.15, -0.1) is 0 Å². The highest BCUT2D eigenvalue weighted by Crippen LogP contribution is 2.14. The predicted molar refractivity (Wildman–Crippen MR) is 72.8 cm³/mol. The Bertz CT molecular complexity index is 461. The van der Waals surface area contributed by atoms with Gasteiger partial charge in [-0.25, -0.2) is 4.79 Å². The van der Waals surface area contributed by atoms with Crippen molar-refractivity contribution in [1.29, 1.82) is 0 Å². The van der Waals surface area contributed by atoms with E-state index in [4.69, 9.17) is 19.4 Å². The first-order valence-corrected chi connectivity index (χ1v) is 6.09. The minimum atomic E-state index is -1.89. The van der Waals surface area contributed by atoms with E-state index in [0.717, 1.165) is 0 Å². The van der Waals surface area contributed by atoms with Crippen molar-refractivity contribution in [2.45, 2.75) is 32.9 Å². The zero-order chi connectivity index (χ0) is 15.3. The molecule has 0 aliphatic rings. The van der Waals surface area contributed by atoms with Crippen LogP contribution < -0.4 is 4.65 Å². The third-order valence-corrected chi connectivity index (χ3v) is 2.13. The normalized spacial score (nSPS) is 10.9. The van der Waals surface area contributed by atoms with E-state index in [9.17, 15) is 4.79 Å². The number of rotatable bonds is 4. The fraction of sp³-hybridized carbons (Fsp3) is 0.500. The zero-order valence-electron chi connectivity index (χ0n) is 12.0. The van der Waals surface area contributed by atoms with Crippen LogP contribution in [0.25, 0.3) is 0 Å². The van der Waals surface area contributed by atoms with Crippen molar-refractivity contribution in [2.75, 3.05) is 7.05 Å². The molecule has 0 aliphatic heterocycles. The fourth-order valence-electron chi connectivity index (χ4n) is 1.38. The summed E-state index contributed by atoms with van der Waals surface area (Å²) in [4.78, 5) is 17.2. The van der Waals surface area contributed by atoms with Crippen LogP contribution in [-0.4, -0.2) is 46.0 Å². The van der Waals surface area contributed by atoms with Crippen LogP contribution in [0.5, 0.6) is 5.75 Å². The van der Waals surface area contributed by atoms with E-state index in [0.29, 0.717) is 5.69 Å². The van der Waals surface area contributed by atoms with Crippen LogP contribution in [0.2, 0.25) is 0 Å². The lowest BCUT2D eigenvalue weighted by molar-refractivity contribution is 0.0283. The molecule has 0 bridgehead atoms. The predicted octanol–water partition coefficient (Wildman–Crippen LogP) is 0.797. The molecule has 0 saturated heterocycles. The van der Waals surface area contributed by atoms with E-state index in [1.807, 2.05) is 0 Å². The Balaban J connectivity index is 2.66. The molecule has 0 radical (unpaired) electrons. The number of hydrogen-bond acceptors (Lipinski definition) is 6. The standard InChI is InChI=1S/C12H19BN2O5/c1-12(2,3)19-11(16)15(4)8-9-7-10(5-6-14-9)20-13(17)18/h5-7,17-18H,8H2,1-4H3. The van der Waals surface area contributed by atoms with E-state index in [-0.39, 0.29) is 12.3 Å². The quantitative estimate of drug-likeness (QED) is 0.793. The number of aromatic nitrogens is 1. The molecule has 20 heavy (non-hydrogen) atoms. The smallest absolute Gasteiger partial charge is 0.512 e. The molecule has 0 saturated carbocycles. The molecule has 1 amide bonds. The van der Waals surface area contributed by atoms with Crippen molar-refractivity contribution in [3.05, 3.63) is 24.0 Å². The number of pyridine rings is 1. The topological polar surface area (TPSA) is 92.1 Å². The highest BCUT2D eigenvalue weighted by molar-refractivity contribution is 6.33. The Morgan fingerprint density at radius 2 is 2.10 bits per heavy atom. The molecule has 0 unspecified atom stereocenters. The second-order valence-corrected chi connectivity index (χ2v) is 5.26. The Labute approximate surface area is 118 Å². The number of nitrogens with zero attached hydrogens (tertiary/aromatic N) is 2. The van der Waals surface area contributed by atoms with Gasteiger partial charge in [-0.05, 0) is 26.8 Å². The summed E-state index contributed by atoms with van der Waals surface area (Å²) in [5, 5.41) is 17.4. The number of hydrogen-bond donors (Lipinski definition) is 2. The van der Waals surface area contributed by atoms with Gasteiger partial charge in [-0.2, -0.15) is 0 Å². The molecule has 8 heteroatoms. The van der Waals surface area contributed by atoms with Gasteiger partial charge in [0, 0.05) is 19.3 Å². The molecule has 1 rings (SSSR count). The van der Waals surface area contributed by atoms with Crippen LogP contribution in [-0.2, 0) is 11.3 Å². The van der Waals surface area contributed by atoms with Crippen LogP contribution in [0.3, 0.4) is 0 Å². The summed E-state index contributed by atoms with van der Waals surface area (Å²) >= 11 is 0. The van der Waals surface area contributed by atoms with E-state index >= 15 is 0 Å². The van der Waals surface area contributed by atoms with E-state index in [2.05, 4.69) is 4.98 Å². The molecule has 1 aromatic rings. The van der Waals surface area contributed by atoms with Crippen molar-refractivity contribution < 1.29 is 24.2 Å². The lowest BCUT2D eigenvalue weighted by Crippen LogP contribution is -2.34. The minimum Gasteiger partial charge on any atom is -0.512 e. The maximum absolute atomic E-state index is 11.8. The third kappa shape index (κ3) is 5.90.